The molecule has 3 aromatic rings. The molecule has 0 aliphatic rings. The van der Waals surface area contributed by atoms with E-state index in [1.165, 1.54) is 0 Å². The highest BCUT2D eigenvalue weighted by Gasteiger charge is 2.10. The van der Waals surface area contributed by atoms with Crippen molar-refractivity contribution in [1.29, 1.82) is 0 Å². The normalized spacial score (nSPS) is 11.2. The lowest BCUT2D eigenvalue weighted by atomic mass is 10.1. The van der Waals surface area contributed by atoms with Crippen molar-refractivity contribution in [2.24, 2.45) is 0 Å². The summed E-state index contributed by atoms with van der Waals surface area (Å²) in [7, 11) is 0. The molecule has 0 amide bonds. The number of pyridine rings is 2. The van der Waals surface area contributed by atoms with Crippen molar-refractivity contribution in [3.63, 3.8) is 0 Å². The minimum atomic E-state index is 0.376. The van der Waals surface area contributed by atoms with E-state index < -0.39 is 0 Å². The first-order chi connectivity index (χ1) is 12.2. The quantitative estimate of drug-likeness (QED) is 0.290. The van der Waals surface area contributed by atoms with Gasteiger partial charge in [-0.25, -0.2) is 4.98 Å². The number of unbranched alkanes of at least 4 members (excludes halogenated alkanes) is 2. The standard InChI is InChI=1S/C20H23ClN2O2/c1-3-5-9-24-16-11-14-7-8-15-12-17(25-10-6-4-2)20(21)23-19(15)18(14)22-13-16/h7-8,11-13H,3-6,9-10H2,1-2H3. The summed E-state index contributed by atoms with van der Waals surface area (Å²) < 4.78 is 11.5. The van der Waals surface area contributed by atoms with E-state index in [-0.39, 0.29) is 0 Å². The summed E-state index contributed by atoms with van der Waals surface area (Å²) in [5, 5.41) is 2.33. The molecule has 0 saturated carbocycles. The first-order valence-corrected chi connectivity index (χ1v) is 9.25. The van der Waals surface area contributed by atoms with Crippen LogP contribution in [0.3, 0.4) is 0 Å². The predicted molar refractivity (Wildman–Crippen MR) is 103 cm³/mol. The molecule has 0 bridgehead atoms. The van der Waals surface area contributed by atoms with Crippen molar-refractivity contribution in [1.82, 2.24) is 9.97 Å². The number of ether oxygens (including phenoxy) is 2. The van der Waals surface area contributed by atoms with E-state index in [9.17, 15) is 0 Å². The maximum Gasteiger partial charge on any atom is 0.171 e. The molecular formula is C20H23ClN2O2. The predicted octanol–water partition coefficient (Wildman–Crippen LogP) is 5.79. The Hall–Kier alpha value is -2.07. The summed E-state index contributed by atoms with van der Waals surface area (Å²) in [6.45, 7) is 5.62. The fourth-order valence-corrected chi connectivity index (χ4v) is 2.80. The molecule has 3 rings (SSSR count). The molecule has 0 aliphatic carbocycles. The van der Waals surface area contributed by atoms with Crippen molar-refractivity contribution in [3.05, 3.63) is 35.6 Å². The largest absolute Gasteiger partial charge is 0.492 e. The second kappa shape index (κ2) is 8.34. The Morgan fingerprint density at radius 2 is 1.60 bits per heavy atom. The molecule has 0 atom stereocenters. The Morgan fingerprint density at radius 3 is 2.32 bits per heavy atom. The molecule has 2 aromatic heterocycles. The number of benzene rings is 1. The zero-order valence-corrected chi connectivity index (χ0v) is 15.5. The van der Waals surface area contributed by atoms with Gasteiger partial charge >= 0.3 is 0 Å². The van der Waals surface area contributed by atoms with Gasteiger partial charge in [0.2, 0.25) is 0 Å². The van der Waals surface area contributed by atoms with Crippen LogP contribution in [0.2, 0.25) is 5.15 Å². The Morgan fingerprint density at radius 1 is 0.920 bits per heavy atom. The van der Waals surface area contributed by atoms with E-state index in [0.717, 1.165) is 53.2 Å². The van der Waals surface area contributed by atoms with Crippen molar-refractivity contribution in [3.8, 4) is 11.5 Å². The van der Waals surface area contributed by atoms with Crippen molar-refractivity contribution < 1.29 is 9.47 Å². The topological polar surface area (TPSA) is 44.2 Å². The minimum absolute atomic E-state index is 0.376. The van der Waals surface area contributed by atoms with Gasteiger partial charge in [-0.15, -0.1) is 0 Å². The Kier molecular flexibility index (Phi) is 5.92. The third-order valence-corrected chi connectivity index (χ3v) is 4.33. The summed E-state index contributed by atoms with van der Waals surface area (Å²) in [6, 6.07) is 7.99. The van der Waals surface area contributed by atoms with Crippen molar-refractivity contribution in [2.45, 2.75) is 39.5 Å². The van der Waals surface area contributed by atoms with Crippen LogP contribution in [0.4, 0.5) is 0 Å². The van der Waals surface area contributed by atoms with Gasteiger partial charge in [0.1, 0.15) is 5.75 Å². The first kappa shape index (κ1) is 17.7. The summed E-state index contributed by atoms with van der Waals surface area (Å²) in [6.07, 6.45) is 5.97. The number of hydrogen-bond donors (Lipinski definition) is 0. The van der Waals surface area contributed by atoms with Gasteiger partial charge in [-0.05, 0) is 25.0 Å². The lowest BCUT2D eigenvalue weighted by Crippen LogP contribution is -1.99. The molecule has 132 valence electrons. The van der Waals surface area contributed by atoms with Crippen LogP contribution < -0.4 is 9.47 Å². The molecule has 2 heterocycles. The molecule has 0 fully saturated rings. The molecule has 1 aromatic carbocycles. The van der Waals surface area contributed by atoms with Gasteiger partial charge in [0.15, 0.2) is 10.9 Å². The van der Waals surface area contributed by atoms with E-state index in [0.29, 0.717) is 24.1 Å². The molecule has 0 radical (unpaired) electrons. The fourth-order valence-electron chi connectivity index (χ4n) is 2.61. The number of hydrogen-bond acceptors (Lipinski definition) is 4. The van der Waals surface area contributed by atoms with Gasteiger partial charge in [0, 0.05) is 10.8 Å². The summed E-state index contributed by atoms with van der Waals surface area (Å²) in [4.78, 5) is 9.07. The van der Waals surface area contributed by atoms with Crippen molar-refractivity contribution >= 4 is 33.4 Å². The molecule has 0 N–H and O–H groups in total. The van der Waals surface area contributed by atoms with Crippen LogP contribution in [-0.2, 0) is 0 Å². The van der Waals surface area contributed by atoms with E-state index in [1.807, 2.05) is 24.3 Å². The van der Waals surface area contributed by atoms with E-state index >= 15 is 0 Å². The zero-order valence-electron chi connectivity index (χ0n) is 14.7. The Balaban J connectivity index is 1.93. The zero-order chi connectivity index (χ0) is 17.6. The van der Waals surface area contributed by atoms with Gasteiger partial charge in [0.05, 0.1) is 30.4 Å². The molecule has 5 heteroatoms. The van der Waals surface area contributed by atoms with Crippen LogP contribution in [0.15, 0.2) is 30.5 Å². The van der Waals surface area contributed by atoms with Crippen LogP contribution in [0, 0.1) is 0 Å². The van der Waals surface area contributed by atoms with Gasteiger partial charge < -0.3 is 9.47 Å². The minimum Gasteiger partial charge on any atom is -0.492 e. The number of fused-ring (bicyclic) bond motifs is 3. The van der Waals surface area contributed by atoms with Gasteiger partial charge in [-0.3, -0.25) is 4.98 Å². The molecule has 0 saturated heterocycles. The Labute approximate surface area is 153 Å². The molecule has 25 heavy (non-hydrogen) atoms. The van der Waals surface area contributed by atoms with Crippen LogP contribution >= 0.6 is 11.6 Å². The third-order valence-electron chi connectivity index (χ3n) is 4.05. The maximum absolute atomic E-state index is 6.31. The molecule has 0 unspecified atom stereocenters. The Bertz CT molecular complexity index is 867. The summed E-state index contributed by atoms with van der Waals surface area (Å²) in [5.74, 6) is 1.41. The van der Waals surface area contributed by atoms with Crippen molar-refractivity contribution in [2.75, 3.05) is 13.2 Å². The lowest BCUT2D eigenvalue weighted by Gasteiger charge is -2.10. The highest BCUT2D eigenvalue weighted by atomic mass is 35.5. The summed E-state index contributed by atoms with van der Waals surface area (Å²) in [5.41, 5.74) is 1.60. The lowest BCUT2D eigenvalue weighted by molar-refractivity contribution is 0.308. The average molecular weight is 359 g/mol. The number of nitrogens with zero attached hydrogens (tertiary/aromatic N) is 2. The molecule has 4 nitrogen and oxygen atoms in total. The van der Waals surface area contributed by atoms with Crippen LogP contribution in [0.25, 0.3) is 21.8 Å². The molecule has 0 spiro atoms. The van der Waals surface area contributed by atoms with E-state index in [1.54, 1.807) is 6.20 Å². The van der Waals surface area contributed by atoms with Gasteiger partial charge in [-0.2, -0.15) is 0 Å². The number of halogens is 1. The summed E-state index contributed by atoms with van der Waals surface area (Å²) >= 11 is 6.31. The smallest absolute Gasteiger partial charge is 0.171 e. The highest BCUT2D eigenvalue weighted by molar-refractivity contribution is 6.31. The van der Waals surface area contributed by atoms with Gasteiger partial charge in [0.25, 0.3) is 0 Å². The molecule has 0 aliphatic heterocycles. The third kappa shape index (κ3) is 4.13. The number of aromatic nitrogens is 2. The van der Waals surface area contributed by atoms with Gasteiger partial charge in [-0.1, -0.05) is 50.4 Å². The monoisotopic (exact) mass is 358 g/mol. The SMILES string of the molecule is CCCCOc1cnc2c(ccc3cc(OCCCC)c(Cl)nc32)c1. The van der Waals surface area contributed by atoms with Crippen LogP contribution in [0.5, 0.6) is 11.5 Å². The second-order valence-electron chi connectivity index (χ2n) is 6.06. The van der Waals surface area contributed by atoms with E-state index in [4.69, 9.17) is 21.1 Å². The van der Waals surface area contributed by atoms with E-state index in [2.05, 4.69) is 23.8 Å². The van der Waals surface area contributed by atoms with Crippen LogP contribution in [0.1, 0.15) is 39.5 Å². The highest BCUT2D eigenvalue weighted by Crippen LogP contribution is 2.31. The molecular weight excluding hydrogens is 336 g/mol. The number of rotatable bonds is 8. The van der Waals surface area contributed by atoms with Crippen LogP contribution in [-0.4, -0.2) is 23.2 Å². The first-order valence-electron chi connectivity index (χ1n) is 8.87. The second-order valence-corrected chi connectivity index (χ2v) is 6.42. The maximum atomic E-state index is 6.31. The fraction of sp³-hybridized carbons (Fsp3) is 0.400. The average Bonchev–Trinajstić information content (AvgIpc) is 2.62.